The van der Waals surface area contributed by atoms with E-state index in [0.29, 0.717) is 0 Å². The molecule has 2 aromatic rings. The Kier molecular flexibility index (Phi) is 4.21. The van der Waals surface area contributed by atoms with Crippen LogP contribution in [0.15, 0.2) is 30.3 Å². The van der Waals surface area contributed by atoms with Gasteiger partial charge >= 0.3 is 0 Å². The van der Waals surface area contributed by atoms with Crippen LogP contribution in [0.2, 0.25) is 0 Å². The number of hydrogen-bond acceptors (Lipinski definition) is 4. The van der Waals surface area contributed by atoms with Crippen molar-refractivity contribution in [2.75, 3.05) is 38.2 Å². The Labute approximate surface area is 155 Å². The molecule has 1 aromatic heterocycles. The van der Waals surface area contributed by atoms with Gasteiger partial charge in [-0.2, -0.15) is 5.10 Å². The van der Waals surface area contributed by atoms with Crippen molar-refractivity contribution in [3.63, 3.8) is 0 Å². The lowest BCUT2D eigenvalue weighted by molar-refractivity contribution is 0.0342. The van der Waals surface area contributed by atoms with Crippen molar-refractivity contribution in [1.82, 2.24) is 14.7 Å². The topological polar surface area (TPSA) is 42.3 Å². The first-order chi connectivity index (χ1) is 12.8. The second-order valence-corrected chi connectivity index (χ2v) is 7.94. The van der Waals surface area contributed by atoms with Crippen LogP contribution in [0.4, 0.5) is 5.82 Å². The Morgan fingerprint density at radius 3 is 2.54 bits per heavy atom. The van der Waals surface area contributed by atoms with Crippen molar-refractivity contribution in [2.45, 2.75) is 44.2 Å². The molecule has 1 aliphatic carbocycles. The molecule has 5 nitrogen and oxygen atoms in total. The van der Waals surface area contributed by atoms with E-state index in [1.807, 2.05) is 0 Å². The lowest BCUT2D eigenvalue weighted by atomic mass is 9.62. The first-order valence-electron chi connectivity index (χ1n) is 10.1. The predicted molar refractivity (Wildman–Crippen MR) is 103 cm³/mol. The number of aromatic nitrogens is 2. The summed E-state index contributed by atoms with van der Waals surface area (Å²) in [6, 6.07) is 11.6. The number of ether oxygens (including phenoxy) is 1. The number of rotatable bonds is 4. The number of aryl methyl sites for hydroxylation is 1. The van der Waals surface area contributed by atoms with E-state index < -0.39 is 0 Å². The van der Waals surface area contributed by atoms with E-state index in [1.54, 1.807) is 0 Å². The first kappa shape index (κ1) is 16.3. The van der Waals surface area contributed by atoms with Crippen LogP contribution in [0.1, 0.15) is 42.5 Å². The zero-order valence-corrected chi connectivity index (χ0v) is 15.4. The minimum Gasteiger partial charge on any atom is -0.379 e. The number of anilines is 1. The highest BCUT2D eigenvalue weighted by molar-refractivity contribution is 5.46. The van der Waals surface area contributed by atoms with Crippen LogP contribution < -0.4 is 5.32 Å². The molecular weight excluding hydrogens is 324 g/mol. The van der Waals surface area contributed by atoms with E-state index in [1.165, 1.54) is 41.9 Å². The molecule has 3 heterocycles. The molecule has 0 amide bonds. The number of benzene rings is 1. The lowest BCUT2D eigenvalue weighted by Crippen LogP contribution is -2.36. The van der Waals surface area contributed by atoms with Crippen LogP contribution in [0.5, 0.6) is 0 Å². The molecule has 0 radical (unpaired) electrons. The van der Waals surface area contributed by atoms with Gasteiger partial charge in [-0.05, 0) is 30.4 Å². The average molecular weight is 352 g/mol. The molecule has 1 saturated carbocycles. The van der Waals surface area contributed by atoms with Gasteiger partial charge in [0.25, 0.3) is 0 Å². The Hall–Kier alpha value is -1.85. The number of nitrogens with one attached hydrogen (secondary N) is 1. The highest BCUT2D eigenvalue weighted by atomic mass is 16.5. The maximum absolute atomic E-state index is 5.45. The standard InChI is InChI=1S/C21H28N4O/c1-7-21(8-1,19-15-20-22-9-2-10-25(20)23-19)18-5-3-17(4-6-18)16-24-11-13-26-14-12-24/h3-6,15,22H,1-2,7-14,16H2. The van der Waals surface area contributed by atoms with Crippen molar-refractivity contribution < 1.29 is 4.74 Å². The van der Waals surface area contributed by atoms with Gasteiger partial charge in [0.2, 0.25) is 0 Å². The van der Waals surface area contributed by atoms with Gasteiger partial charge in [-0.25, -0.2) is 4.68 Å². The minimum absolute atomic E-state index is 0.128. The Balaban J connectivity index is 1.37. The van der Waals surface area contributed by atoms with Crippen molar-refractivity contribution in [2.24, 2.45) is 0 Å². The molecule has 5 rings (SSSR count). The summed E-state index contributed by atoms with van der Waals surface area (Å²) >= 11 is 0. The quantitative estimate of drug-likeness (QED) is 0.919. The SMILES string of the molecule is c1cc(C2(c3cc4n(n3)CCCN4)CCC2)ccc1CN1CCOCC1. The molecule has 0 bridgehead atoms. The van der Waals surface area contributed by atoms with Gasteiger partial charge in [0, 0.05) is 44.2 Å². The van der Waals surface area contributed by atoms with Crippen LogP contribution in [0.3, 0.4) is 0 Å². The molecule has 3 aliphatic rings. The molecule has 0 spiro atoms. The molecule has 5 heteroatoms. The normalized spacial score (nSPS) is 22.3. The van der Waals surface area contributed by atoms with Crippen molar-refractivity contribution in [3.05, 3.63) is 47.2 Å². The molecule has 2 aliphatic heterocycles. The first-order valence-corrected chi connectivity index (χ1v) is 10.1. The van der Waals surface area contributed by atoms with Gasteiger partial charge < -0.3 is 10.1 Å². The number of nitrogens with zero attached hydrogens (tertiary/aromatic N) is 3. The number of morpholine rings is 1. The zero-order chi connectivity index (χ0) is 17.4. The highest BCUT2D eigenvalue weighted by Crippen LogP contribution is 2.49. The molecule has 1 aromatic carbocycles. The smallest absolute Gasteiger partial charge is 0.124 e. The summed E-state index contributed by atoms with van der Waals surface area (Å²) < 4.78 is 7.61. The van der Waals surface area contributed by atoms with Crippen LogP contribution >= 0.6 is 0 Å². The second-order valence-electron chi connectivity index (χ2n) is 7.94. The van der Waals surface area contributed by atoms with Gasteiger partial charge in [-0.1, -0.05) is 30.7 Å². The highest BCUT2D eigenvalue weighted by Gasteiger charge is 2.43. The lowest BCUT2D eigenvalue weighted by Gasteiger charge is -2.41. The third-order valence-electron chi connectivity index (χ3n) is 6.35. The Morgan fingerprint density at radius 2 is 1.85 bits per heavy atom. The number of fused-ring (bicyclic) bond motifs is 1. The van der Waals surface area contributed by atoms with Gasteiger partial charge in [-0.15, -0.1) is 0 Å². The van der Waals surface area contributed by atoms with Crippen molar-refractivity contribution in [1.29, 1.82) is 0 Å². The van der Waals surface area contributed by atoms with Crippen LogP contribution in [0.25, 0.3) is 0 Å². The summed E-state index contributed by atoms with van der Waals surface area (Å²) in [7, 11) is 0. The summed E-state index contributed by atoms with van der Waals surface area (Å²) in [5.74, 6) is 1.20. The zero-order valence-electron chi connectivity index (χ0n) is 15.4. The fourth-order valence-electron chi connectivity index (χ4n) is 4.58. The fraction of sp³-hybridized carbons (Fsp3) is 0.571. The van der Waals surface area contributed by atoms with Gasteiger partial charge in [0.15, 0.2) is 0 Å². The van der Waals surface area contributed by atoms with Crippen molar-refractivity contribution >= 4 is 5.82 Å². The summed E-state index contributed by atoms with van der Waals surface area (Å²) in [6.07, 6.45) is 4.89. The Bertz CT molecular complexity index is 733. The third-order valence-corrected chi connectivity index (χ3v) is 6.35. The number of hydrogen-bond donors (Lipinski definition) is 1. The van der Waals surface area contributed by atoms with E-state index >= 15 is 0 Å². The van der Waals surface area contributed by atoms with Crippen LogP contribution in [-0.2, 0) is 23.2 Å². The average Bonchev–Trinajstić information content (AvgIpc) is 3.07. The van der Waals surface area contributed by atoms with E-state index in [4.69, 9.17) is 9.84 Å². The maximum Gasteiger partial charge on any atom is 0.124 e. The molecule has 1 saturated heterocycles. The largest absolute Gasteiger partial charge is 0.379 e. The van der Waals surface area contributed by atoms with E-state index in [2.05, 4.69) is 45.2 Å². The molecule has 0 unspecified atom stereocenters. The molecule has 1 N–H and O–H groups in total. The summed E-state index contributed by atoms with van der Waals surface area (Å²) in [5, 5.41) is 8.46. The molecule has 138 valence electrons. The van der Waals surface area contributed by atoms with Crippen LogP contribution in [0, 0.1) is 0 Å². The third kappa shape index (κ3) is 2.83. The van der Waals surface area contributed by atoms with Crippen LogP contribution in [-0.4, -0.2) is 47.5 Å². The summed E-state index contributed by atoms with van der Waals surface area (Å²) in [4.78, 5) is 2.48. The monoisotopic (exact) mass is 352 g/mol. The minimum atomic E-state index is 0.128. The fourth-order valence-corrected chi connectivity index (χ4v) is 4.58. The second kappa shape index (κ2) is 6.71. The van der Waals surface area contributed by atoms with Gasteiger partial charge in [-0.3, -0.25) is 4.90 Å². The van der Waals surface area contributed by atoms with Crippen molar-refractivity contribution in [3.8, 4) is 0 Å². The maximum atomic E-state index is 5.45. The molecule has 26 heavy (non-hydrogen) atoms. The molecule has 0 atom stereocenters. The summed E-state index contributed by atoms with van der Waals surface area (Å²) in [6.45, 7) is 6.93. The summed E-state index contributed by atoms with van der Waals surface area (Å²) in [5.41, 5.74) is 4.22. The van der Waals surface area contributed by atoms with Gasteiger partial charge in [0.05, 0.1) is 18.9 Å². The predicted octanol–water partition coefficient (Wildman–Crippen LogP) is 3.00. The molecular formula is C21H28N4O. The Morgan fingerprint density at radius 1 is 1.04 bits per heavy atom. The molecule has 2 fully saturated rings. The van der Waals surface area contributed by atoms with E-state index in [-0.39, 0.29) is 5.41 Å². The van der Waals surface area contributed by atoms with E-state index in [9.17, 15) is 0 Å². The van der Waals surface area contributed by atoms with E-state index in [0.717, 1.165) is 52.4 Å². The van der Waals surface area contributed by atoms with Gasteiger partial charge in [0.1, 0.15) is 5.82 Å².